The van der Waals surface area contributed by atoms with Crippen LogP contribution in [-0.4, -0.2) is 24.0 Å². The zero-order valence-electron chi connectivity index (χ0n) is 12.5. The summed E-state index contributed by atoms with van der Waals surface area (Å²) in [7, 11) is 0. The molecule has 0 bridgehead atoms. The van der Waals surface area contributed by atoms with Crippen molar-refractivity contribution in [1.29, 1.82) is 0 Å². The maximum absolute atomic E-state index is 12.8. The van der Waals surface area contributed by atoms with Crippen LogP contribution in [0.5, 0.6) is 5.75 Å². The number of hydrogen-bond acceptors (Lipinski definition) is 4. The summed E-state index contributed by atoms with van der Waals surface area (Å²) < 4.78 is 48.7. The van der Waals surface area contributed by atoms with Crippen molar-refractivity contribution in [3.8, 4) is 5.75 Å². The van der Waals surface area contributed by atoms with Gasteiger partial charge in [-0.3, -0.25) is 4.79 Å². The highest BCUT2D eigenvalue weighted by atomic mass is 19.4. The van der Waals surface area contributed by atoms with Crippen LogP contribution >= 0.6 is 0 Å². The normalized spacial score (nSPS) is 16.4. The third kappa shape index (κ3) is 3.58. The van der Waals surface area contributed by atoms with Gasteiger partial charge in [-0.25, -0.2) is 4.99 Å². The molecule has 4 nitrogen and oxygen atoms in total. The first kappa shape index (κ1) is 16.3. The maximum Gasteiger partial charge on any atom is 0.416 e. The lowest BCUT2D eigenvalue weighted by Crippen LogP contribution is -2.33. The smallest absolute Gasteiger partial charge is 0.416 e. The quantitative estimate of drug-likeness (QED) is 0.801. The van der Waals surface area contributed by atoms with Gasteiger partial charge in [0.25, 0.3) is 0 Å². The third-order valence-electron chi connectivity index (χ3n) is 3.00. The summed E-state index contributed by atoms with van der Waals surface area (Å²) in [6.07, 6.45) is -4.57. The van der Waals surface area contributed by atoms with E-state index in [1.165, 1.54) is 6.07 Å². The van der Waals surface area contributed by atoms with Gasteiger partial charge in [0.2, 0.25) is 0 Å². The summed E-state index contributed by atoms with van der Waals surface area (Å²) in [6, 6.07) is 3.14. The van der Waals surface area contributed by atoms with Gasteiger partial charge < -0.3 is 9.47 Å². The fraction of sp³-hybridized carbons (Fsp3) is 0.467. The predicted molar refractivity (Wildman–Crippen MR) is 73.9 cm³/mol. The van der Waals surface area contributed by atoms with Gasteiger partial charge in [-0.2, -0.15) is 13.2 Å². The molecule has 1 aliphatic heterocycles. The minimum Gasteiger partial charge on any atom is -0.466 e. The van der Waals surface area contributed by atoms with Gasteiger partial charge in [0.05, 0.1) is 24.3 Å². The number of alkyl halides is 3. The molecule has 0 saturated carbocycles. The number of carbonyl (C=O) groups is 1. The lowest BCUT2D eigenvalue weighted by Gasteiger charge is -2.30. The first-order valence-electron chi connectivity index (χ1n) is 6.77. The molecule has 0 saturated heterocycles. The number of benzene rings is 1. The topological polar surface area (TPSA) is 47.9 Å². The van der Waals surface area contributed by atoms with E-state index in [4.69, 9.17) is 9.47 Å². The maximum atomic E-state index is 12.8. The number of fused-ring (bicyclic) bond motifs is 1. The lowest BCUT2D eigenvalue weighted by atomic mass is 10.0. The van der Waals surface area contributed by atoms with E-state index in [9.17, 15) is 18.0 Å². The fourth-order valence-corrected chi connectivity index (χ4v) is 2.18. The van der Waals surface area contributed by atoms with Crippen LogP contribution in [-0.2, 0) is 15.7 Å². The van der Waals surface area contributed by atoms with Crippen LogP contribution in [0.25, 0.3) is 0 Å². The van der Waals surface area contributed by atoms with E-state index in [1.807, 2.05) is 0 Å². The molecular formula is C15H16F3NO3. The van der Waals surface area contributed by atoms with Crippen LogP contribution in [0.4, 0.5) is 13.2 Å². The van der Waals surface area contributed by atoms with Gasteiger partial charge in [-0.15, -0.1) is 0 Å². The highest BCUT2D eigenvalue weighted by Gasteiger charge is 2.35. The number of aliphatic imine (C=N–C) groups is 1. The molecule has 120 valence electrons. The van der Waals surface area contributed by atoms with E-state index in [2.05, 4.69) is 4.99 Å². The number of halogens is 3. The molecule has 2 rings (SSSR count). The van der Waals surface area contributed by atoms with E-state index in [0.29, 0.717) is 11.3 Å². The van der Waals surface area contributed by atoms with Crippen molar-refractivity contribution in [2.45, 2.75) is 39.1 Å². The van der Waals surface area contributed by atoms with Crippen LogP contribution in [0, 0.1) is 0 Å². The van der Waals surface area contributed by atoms with Crippen molar-refractivity contribution in [3.05, 3.63) is 29.3 Å². The van der Waals surface area contributed by atoms with Gasteiger partial charge in [0.1, 0.15) is 5.75 Å². The molecule has 0 radical (unpaired) electrons. The molecule has 7 heteroatoms. The molecule has 1 aromatic rings. The molecule has 0 amide bonds. The zero-order chi connectivity index (χ0) is 16.5. The Balaban J connectivity index is 2.41. The Morgan fingerprint density at radius 3 is 2.64 bits per heavy atom. The van der Waals surface area contributed by atoms with E-state index in [1.54, 1.807) is 20.8 Å². The van der Waals surface area contributed by atoms with Crippen LogP contribution in [0.15, 0.2) is 23.2 Å². The number of nitrogens with zero attached hydrogens (tertiary/aromatic N) is 1. The molecule has 1 heterocycles. The Morgan fingerprint density at radius 2 is 2.05 bits per heavy atom. The lowest BCUT2D eigenvalue weighted by molar-refractivity contribution is -0.141. The summed E-state index contributed by atoms with van der Waals surface area (Å²) >= 11 is 0. The molecular weight excluding hydrogens is 299 g/mol. The highest BCUT2D eigenvalue weighted by molar-refractivity contribution is 6.11. The summed E-state index contributed by atoms with van der Waals surface area (Å²) in [4.78, 5) is 15.9. The molecule has 0 N–H and O–H groups in total. The van der Waals surface area contributed by atoms with E-state index in [0.717, 1.165) is 12.1 Å². The van der Waals surface area contributed by atoms with Crippen LogP contribution in [0.2, 0.25) is 0 Å². The standard InChI is InChI=1S/C15H16F3NO3/c1-4-21-13(20)8-11-10-6-5-9(15(16,17)18)7-12(10)22-14(2,3)19-11/h5-7H,4,8H2,1-3H3. The second-order valence-corrected chi connectivity index (χ2v) is 5.30. The van der Waals surface area contributed by atoms with Crippen LogP contribution in [0.3, 0.4) is 0 Å². The predicted octanol–water partition coefficient (Wildman–Crippen LogP) is 3.58. The molecule has 1 aliphatic rings. The Kier molecular flexibility index (Phi) is 4.17. The van der Waals surface area contributed by atoms with Crippen molar-refractivity contribution in [2.24, 2.45) is 4.99 Å². The van der Waals surface area contributed by atoms with E-state index in [-0.39, 0.29) is 18.8 Å². The minimum atomic E-state index is -4.46. The SMILES string of the molecule is CCOC(=O)CC1=NC(C)(C)Oc2cc(C(F)(F)F)ccc21. The summed E-state index contributed by atoms with van der Waals surface area (Å²) in [5.41, 5.74) is -1.11. The van der Waals surface area contributed by atoms with E-state index >= 15 is 0 Å². The number of hydrogen-bond donors (Lipinski definition) is 0. The Bertz CT molecular complexity index is 621. The first-order valence-corrected chi connectivity index (χ1v) is 6.77. The molecule has 0 atom stereocenters. The van der Waals surface area contributed by atoms with Gasteiger partial charge in [-0.05, 0) is 39.0 Å². The summed E-state index contributed by atoms with van der Waals surface area (Å²) in [5, 5.41) is 0. The molecule has 0 fully saturated rings. The molecule has 0 aromatic heterocycles. The van der Waals surface area contributed by atoms with Crippen molar-refractivity contribution < 1.29 is 27.4 Å². The molecule has 0 spiro atoms. The summed E-state index contributed by atoms with van der Waals surface area (Å²) in [5.74, 6) is -0.418. The number of ether oxygens (including phenoxy) is 2. The van der Waals surface area contributed by atoms with Crippen molar-refractivity contribution in [2.75, 3.05) is 6.61 Å². The van der Waals surface area contributed by atoms with Gasteiger partial charge in [0, 0.05) is 5.56 Å². The van der Waals surface area contributed by atoms with Crippen LogP contribution < -0.4 is 4.74 Å². The number of carbonyl (C=O) groups excluding carboxylic acids is 1. The minimum absolute atomic E-state index is 0.0640. The third-order valence-corrected chi connectivity index (χ3v) is 3.00. The monoisotopic (exact) mass is 315 g/mol. The number of rotatable bonds is 3. The fourth-order valence-electron chi connectivity index (χ4n) is 2.18. The molecule has 1 aromatic carbocycles. The molecule has 0 aliphatic carbocycles. The first-order chi connectivity index (χ1) is 10.1. The van der Waals surface area contributed by atoms with Gasteiger partial charge >= 0.3 is 12.1 Å². The zero-order valence-corrected chi connectivity index (χ0v) is 12.5. The second-order valence-electron chi connectivity index (χ2n) is 5.30. The van der Waals surface area contributed by atoms with Crippen LogP contribution in [0.1, 0.15) is 38.3 Å². The molecule has 22 heavy (non-hydrogen) atoms. The van der Waals surface area contributed by atoms with Crippen molar-refractivity contribution in [3.63, 3.8) is 0 Å². The second kappa shape index (κ2) is 5.62. The average molecular weight is 315 g/mol. The Hall–Kier alpha value is -2.05. The Morgan fingerprint density at radius 1 is 1.36 bits per heavy atom. The number of esters is 1. The van der Waals surface area contributed by atoms with Crippen molar-refractivity contribution in [1.82, 2.24) is 0 Å². The van der Waals surface area contributed by atoms with Gasteiger partial charge in [-0.1, -0.05) is 0 Å². The average Bonchev–Trinajstić information content (AvgIpc) is 2.35. The van der Waals surface area contributed by atoms with Crippen molar-refractivity contribution >= 4 is 11.7 Å². The van der Waals surface area contributed by atoms with Gasteiger partial charge in [0.15, 0.2) is 5.72 Å². The highest BCUT2D eigenvalue weighted by Crippen LogP contribution is 2.37. The summed E-state index contributed by atoms with van der Waals surface area (Å²) in [6.45, 7) is 5.13. The largest absolute Gasteiger partial charge is 0.466 e. The molecule has 0 unspecified atom stereocenters. The van der Waals surface area contributed by atoms with E-state index < -0.39 is 23.4 Å². The Labute approximate surface area is 125 Å².